The van der Waals surface area contributed by atoms with Gasteiger partial charge in [-0.1, -0.05) is 30.3 Å². The second-order valence-electron chi connectivity index (χ2n) is 7.96. The average molecular weight is 445 g/mol. The van der Waals surface area contributed by atoms with Gasteiger partial charge in [0.25, 0.3) is 0 Å². The van der Waals surface area contributed by atoms with Crippen molar-refractivity contribution in [3.05, 3.63) is 60.2 Å². The Morgan fingerprint density at radius 1 is 0.879 bits per heavy atom. The van der Waals surface area contributed by atoms with E-state index >= 15 is 0 Å². The number of aromatic nitrogens is 3. The highest BCUT2D eigenvalue weighted by molar-refractivity contribution is 5.80. The van der Waals surface area contributed by atoms with Gasteiger partial charge in [-0.3, -0.25) is 0 Å². The van der Waals surface area contributed by atoms with Crippen molar-refractivity contribution >= 4 is 35.4 Å². The van der Waals surface area contributed by atoms with Crippen LogP contribution in [0.3, 0.4) is 0 Å². The Kier molecular flexibility index (Phi) is 7.68. The molecule has 0 spiro atoms. The maximum atomic E-state index is 4.66. The van der Waals surface area contributed by atoms with Gasteiger partial charge >= 0.3 is 0 Å². The van der Waals surface area contributed by atoms with Gasteiger partial charge in [-0.15, -0.1) is 0 Å². The highest BCUT2D eigenvalue weighted by Gasteiger charge is 2.16. The van der Waals surface area contributed by atoms with E-state index < -0.39 is 0 Å². The van der Waals surface area contributed by atoms with Crippen molar-refractivity contribution in [1.29, 1.82) is 0 Å². The van der Waals surface area contributed by atoms with Gasteiger partial charge in [-0.2, -0.15) is 20.1 Å². The van der Waals surface area contributed by atoms with Gasteiger partial charge in [-0.25, -0.2) is 5.43 Å². The van der Waals surface area contributed by atoms with Gasteiger partial charge in [0, 0.05) is 37.6 Å². The molecule has 0 atom stereocenters. The van der Waals surface area contributed by atoms with E-state index in [9.17, 15) is 0 Å². The highest BCUT2D eigenvalue weighted by Crippen LogP contribution is 2.21. The monoisotopic (exact) mass is 444 g/mol. The Morgan fingerprint density at radius 2 is 1.58 bits per heavy atom. The summed E-state index contributed by atoms with van der Waals surface area (Å²) < 4.78 is 0. The molecule has 0 amide bonds. The van der Waals surface area contributed by atoms with E-state index in [-0.39, 0.29) is 0 Å². The summed E-state index contributed by atoms with van der Waals surface area (Å²) >= 11 is 0. The van der Waals surface area contributed by atoms with Crippen molar-refractivity contribution < 1.29 is 0 Å². The van der Waals surface area contributed by atoms with Gasteiger partial charge < -0.3 is 15.1 Å². The first-order valence-corrected chi connectivity index (χ1v) is 11.7. The van der Waals surface area contributed by atoms with Gasteiger partial charge in [0.2, 0.25) is 17.8 Å². The van der Waals surface area contributed by atoms with E-state index in [1.807, 2.05) is 30.3 Å². The van der Waals surface area contributed by atoms with Crippen LogP contribution in [-0.2, 0) is 0 Å². The standard InChI is InChI=1S/C25H32N8/c1-3-32(4-2)22-15-13-20(14-16-22)19-26-31-24-28-23(27-21-11-7-5-8-12-21)29-25(30-24)33-17-9-6-10-18-33/h5,7-8,11-16,19H,3-4,6,9-10,17-18H2,1-2H3,(H2,27,28,29,30,31)/b26-19+. The number of hydrogen-bond acceptors (Lipinski definition) is 8. The lowest BCUT2D eigenvalue weighted by Gasteiger charge is -2.26. The van der Waals surface area contributed by atoms with Gasteiger partial charge in [-0.05, 0) is 62.9 Å². The number of para-hydroxylation sites is 1. The molecular formula is C25H32N8. The smallest absolute Gasteiger partial charge is 0.250 e. The van der Waals surface area contributed by atoms with Crippen LogP contribution in [0, 0.1) is 0 Å². The minimum absolute atomic E-state index is 0.417. The summed E-state index contributed by atoms with van der Waals surface area (Å²) in [5.41, 5.74) is 6.13. The molecule has 1 aliphatic rings. The van der Waals surface area contributed by atoms with E-state index in [2.05, 4.69) is 78.7 Å². The minimum atomic E-state index is 0.417. The van der Waals surface area contributed by atoms with Crippen molar-refractivity contribution in [3.63, 3.8) is 0 Å². The molecule has 2 heterocycles. The molecule has 33 heavy (non-hydrogen) atoms. The van der Waals surface area contributed by atoms with Crippen molar-refractivity contribution in [2.45, 2.75) is 33.1 Å². The first kappa shape index (κ1) is 22.5. The third-order valence-electron chi connectivity index (χ3n) is 5.69. The summed E-state index contributed by atoms with van der Waals surface area (Å²) in [5, 5.41) is 7.65. The van der Waals surface area contributed by atoms with Gasteiger partial charge in [0.1, 0.15) is 0 Å². The lowest BCUT2D eigenvalue weighted by molar-refractivity contribution is 0.568. The fourth-order valence-corrected chi connectivity index (χ4v) is 3.88. The molecular weight excluding hydrogens is 412 g/mol. The van der Waals surface area contributed by atoms with Crippen LogP contribution in [-0.4, -0.2) is 47.3 Å². The van der Waals surface area contributed by atoms with Crippen molar-refractivity contribution in [1.82, 2.24) is 15.0 Å². The SMILES string of the molecule is CCN(CC)c1ccc(/C=N/Nc2nc(Nc3ccccc3)nc(N3CCCCC3)n2)cc1. The Morgan fingerprint density at radius 3 is 2.27 bits per heavy atom. The molecule has 8 nitrogen and oxygen atoms in total. The van der Waals surface area contributed by atoms with Crippen molar-refractivity contribution in [2.24, 2.45) is 5.10 Å². The molecule has 8 heteroatoms. The summed E-state index contributed by atoms with van der Waals surface area (Å²) in [4.78, 5) is 18.3. The number of rotatable bonds is 9. The molecule has 1 saturated heterocycles. The maximum absolute atomic E-state index is 4.66. The summed E-state index contributed by atoms with van der Waals surface area (Å²) in [6.07, 6.45) is 5.33. The fraction of sp³-hybridized carbons (Fsp3) is 0.360. The molecule has 0 bridgehead atoms. The van der Waals surface area contributed by atoms with Crippen LogP contribution in [0.1, 0.15) is 38.7 Å². The summed E-state index contributed by atoms with van der Waals surface area (Å²) in [6, 6.07) is 18.3. The van der Waals surface area contributed by atoms with E-state index in [0.29, 0.717) is 17.8 Å². The Balaban J connectivity index is 1.50. The molecule has 2 N–H and O–H groups in total. The van der Waals surface area contributed by atoms with Crippen LogP contribution in [0.5, 0.6) is 0 Å². The predicted molar refractivity (Wildman–Crippen MR) is 137 cm³/mol. The largest absolute Gasteiger partial charge is 0.372 e. The molecule has 1 aliphatic heterocycles. The summed E-state index contributed by atoms with van der Waals surface area (Å²) in [6.45, 7) is 8.22. The number of anilines is 5. The molecule has 4 rings (SSSR count). The zero-order valence-electron chi connectivity index (χ0n) is 19.4. The number of piperidine rings is 1. The first-order valence-electron chi connectivity index (χ1n) is 11.7. The van der Waals surface area contributed by atoms with Crippen LogP contribution in [0.15, 0.2) is 59.7 Å². The number of hydrogen-bond donors (Lipinski definition) is 2. The number of nitrogens with zero attached hydrogens (tertiary/aromatic N) is 6. The normalized spacial score (nSPS) is 13.8. The minimum Gasteiger partial charge on any atom is -0.372 e. The fourth-order valence-electron chi connectivity index (χ4n) is 3.88. The highest BCUT2D eigenvalue weighted by atomic mass is 15.4. The van der Waals surface area contributed by atoms with Gasteiger partial charge in [0.15, 0.2) is 0 Å². The Hall–Kier alpha value is -3.68. The van der Waals surface area contributed by atoms with Crippen LogP contribution >= 0.6 is 0 Å². The second-order valence-corrected chi connectivity index (χ2v) is 7.96. The van der Waals surface area contributed by atoms with Crippen molar-refractivity contribution in [3.8, 4) is 0 Å². The Labute approximate surface area is 195 Å². The molecule has 0 radical (unpaired) electrons. The topological polar surface area (TPSA) is 81.6 Å². The first-order chi connectivity index (χ1) is 16.2. The molecule has 1 fully saturated rings. The molecule has 172 valence electrons. The number of nitrogens with one attached hydrogen (secondary N) is 2. The summed E-state index contributed by atoms with van der Waals surface area (Å²) in [5.74, 6) is 1.59. The molecule has 0 unspecified atom stereocenters. The molecule has 0 saturated carbocycles. The number of hydrazone groups is 1. The predicted octanol–water partition coefficient (Wildman–Crippen LogP) is 4.90. The number of benzene rings is 2. The van der Waals surface area contributed by atoms with Crippen LogP contribution in [0.2, 0.25) is 0 Å². The molecule has 0 aliphatic carbocycles. The third-order valence-corrected chi connectivity index (χ3v) is 5.69. The molecule has 2 aromatic carbocycles. The lowest BCUT2D eigenvalue weighted by Crippen LogP contribution is -2.31. The zero-order chi connectivity index (χ0) is 22.9. The van der Waals surface area contributed by atoms with E-state index in [4.69, 9.17) is 0 Å². The molecule has 1 aromatic heterocycles. The second kappa shape index (κ2) is 11.3. The summed E-state index contributed by atoms with van der Waals surface area (Å²) in [7, 11) is 0. The third kappa shape index (κ3) is 6.19. The maximum Gasteiger partial charge on any atom is 0.250 e. The van der Waals surface area contributed by atoms with E-state index in [1.165, 1.54) is 12.1 Å². The quantitative estimate of drug-likeness (QED) is 0.359. The molecule has 3 aromatic rings. The van der Waals surface area contributed by atoms with E-state index in [0.717, 1.165) is 50.3 Å². The zero-order valence-corrected chi connectivity index (χ0v) is 19.4. The average Bonchev–Trinajstić information content (AvgIpc) is 2.87. The van der Waals surface area contributed by atoms with Gasteiger partial charge in [0.05, 0.1) is 6.21 Å². The van der Waals surface area contributed by atoms with E-state index in [1.54, 1.807) is 6.21 Å². The lowest BCUT2D eigenvalue weighted by atomic mass is 10.1. The van der Waals surface area contributed by atoms with Crippen LogP contribution < -0.4 is 20.5 Å². The van der Waals surface area contributed by atoms with Crippen LogP contribution in [0.4, 0.5) is 29.2 Å². The van der Waals surface area contributed by atoms with Crippen molar-refractivity contribution in [2.75, 3.05) is 46.7 Å². The Bertz CT molecular complexity index is 1030. The van der Waals surface area contributed by atoms with Crippen LogP contribution in [0.25, 0.3) is 0 Å².